The molecule has 6 heteroatoms. The number of aryl methyl sites for hydroxylation is 1. The summed E-state index contributed by atoms with van der Waals surface area (Å²) in [6, 6.07) is 37.3. The van der Waals surface area contributed by atoms with E-state index in [0.29, 0.717) is 11.7 Å². The molecule has 2 nitrogen and oxygen atoms in total. The number of nitrogens with one attached hydrogen (secondary N) is 1. The van der Waals surface area contributed by atoms with Gasteiger partial charge in [0.05, 0.1) is 24.2 Å². The van der Waals surface area contributed by atoms with Gasteiger partial charge in [-0.25, -0.2) is 0 Å². The Balaban J connectivity index is 0.000000277. The standard InChI is InChI=1S/C19H18NOP.C10H14.2ClH.Ru/c21-19-14-8-7-13-18(19)20-15-22(16-9-3-1-4-10-16)17-11-5-2-6-12-17;1-8(2)10-6-4-9(3)5-7-10;;;/h1-14,20-21H,15H2;4-8H,1-3H3;2*1H;/q;;;;+2/p-1. The van der Waals surface area contributed by atoms with E-state index in [1.54, 1.807) is 6.07 Å². The summed E-state index contributed by atoms with van der Waals surface area (Å²) in [5.41, 5.74) is 3.55. The summed E-state index contributed by atoms with van der Waals surface area (Å²) in [6.45, 7) is 6.54. The average Bonchev–Trinajstić information content (AvgIpc) is 2.88. The second-order valence-electron chi connectivity index (χ2n) is 8.20. The monoisotopic (exact) mass is 614 g/mol. The van der Waals surface area contributed by atoms with Crippen molar-refractivity contribution in [1.29, 1.82) is 0 Å². The van der Waals surface area contributed by atoms with Gasteiger partial charge in [-0.05, 0) is 54.8 Å². The molecule has 4 aromatic carbocycles. The Morgan fingerprint density at radius 1 is 0.743 bits per heavy atom. The molecule has 0 heterocycles. The van der Waals surface area contributed by atoms with E-state index >= 15 is 0 Å². The summed E-state index contributed by atoms with van der Waals surface area (Å²) in [4.78, 5) is 0. The zero-order valence-corrected chi connectivity index (χ0v) is 24.5. The van der Waals surface area contributed by atoms with E-state index < -0.39 is 7.92 Å². The van der Waals surface area contributed by atoms with Gasteiger partial charge in [0.1, 0.15) is 12.0 Å². The van der Waals surface area contributed by atoms with Crippen molar-refractivity contribution in [3.05, 3.63) is 120 Å². The summed E-state index contributed by atoms with van der Waals surface area (Å²) in [5, 5.41) is 16.0. The fraction of sp³-hybridized carbons (Fsp3) is 0.172. The summed E-state index contributed by atoms with van der Waals surface area (Å²) in [5.74, 6) is 0.950. The number of anilines is 1. The third-order valence-electron chi connectivity index (χ3n) is 5.35. The first-order valence-corrected chi connectivity index (χ1v) is 17.5. The van der Waals surface area contributed by atoms with Gasteiger partial charge >= 0.3 is 34.5 Å². The van der Waals surface area contributed by atoms with Crippen LogP contribution >= 0.6 is 27.3 Å². The van der Waals surface area contributed by atoms with Crippen molar-refractivity contribution in [1.82, 2.24) is 0 Å². The quantitative estimate of drug-likeness (QED) is 0.131. The fourth-order valence-corrected chi connectivity index (χ4v) is 5.71. The molecule has 0 amide bonds. The van der Waals surface area contributed by atoms with E-state index in [1.165, 1.54) is 21.7 Å². The molecule has 0 fully saturated rings. The molecule has 186 valence electrons. The Morgan fingerprint density at radius 3 is 1.66 bits per heavy atom. The zero-order valence-electron chi connectivity index (χ0n) is 20.2. The molecule has 0 saturated carbocycles. The molecular weight excluding hydrogens is 581 g/mol. The molecule has 0 unspecified atom stereocenters. The van der Waals surface area contributed by atoms with Crippen LogP contribution in [0.1, 0.15) is 30.9 Å². The number of para-hydroxylation sites is 2. The van der Waals surface area contributed by atoms with Gasteiger partial charge in [-0.3, -0.25) is 0 Å². The van der Waals surface area contributed by atoms with Crippen LogP contribution in [0.25, 0.3) is 0 Å². The Hall–Kier alpha value is -1.89. The second kappa shape index (κ2) is 16.7. The van der Waals surface area contributed by atoms with E-state index in [0.717, 1.165) is 12.0 Å². The minimum absolute atomic E-state index is 0.296. The summed E-state index contributed by atoms with van der Waals surface area (Å²) in [7, 11) is 8.77. The van der Waals surface area contributed by atoms with E-state index in [2.05, 4.69) is 98.9 Å². The van der Waals surface area contributed by atoms with Crippen LogP contribution in [0, 0.1) is 6.92 Å². The Morgan fingerprint density at radius 2 is 1.20 bits per heavy atom. The first-order valence-electron chi connectivity index (χ1n) is 11.4. The summed E-state index contributed by atoms with van der Waals surface area (Å²) < 4.78 is 0. The SMILES string of the molecule is Cc1ccc(C(C)C)cc1.Oc1ccccc1NC[PH+](c1ccccc1)c1ccccc1.[Cl][Ru][Cl]. The molecule has 0 aliphatic heterocycles. The number of benzene rings is 4. The molecule has 4 rings (SSSR count). The van der Waals surface area contributed by atoms with Crippen molar-refractivity contribution in [2.45, 2.75) is 26.7 Å². The van der Waals surface area contributed by atoms with Gasteiger partial charge in [-0.15, -0.1) is 0 Å². The molecule has 0 aliphatic carbocycles. The third kappa shape index (κ3) is 10.7. The Bertz CT molecular complexity index is 1060. The minimum atomic E-state index is -0.936. The van der Waals surface area contributed by atoms with Gasteiger partial charge in [-0.2, -0.15) is 0 Å². The number of phenolic OH excluding ortho intramolecular Hbond substituents is 1. The maximum absolute atomic E-state index is 9.91. The van der Waals surface area contributed by atoms with Crippen LogP contribution in [0.3, 0.4) is 0 Å². The van der Waals surface area contributed by atoms with Crippen LogP contribution in [0.4, 0.5) is 5.69 Å². The maximum atomic E-state index is 9.91. The van der Waals surface area contributed by atoms with Gasteiger partial charge in [-0.1, -0.05) is 92.2 Å². The molecular formula is C29H33Cl2NOPRu+. The predicted molar refractivity (Wildman–Crippen MR) is 154 cm³/mol. The van der Waals surface area contributed by atoms with E-state index in [9.17, 15) is 5.11 Å². The first-order chi connectivity index (χ1) is 17.0. The molecule has 0 radical (unpaired) electrons. The number of hydrogen-bond acceptors (Lipinski definition) is 2. The van der Waals surface area contributed by atoms with E-state index in [-0.39, 0.29) is 15.1 Å². The Labute approximate surface area is 227 Å². The molecule has 0 atom stereocenters. The van der Waals surface area contributed by atoms with Crippen LogP contribution in [-0.2, 0) is 15.1 Å². The summed E-state index contributed by atoms with van der Waals surface area (Å²) >= 11 is -0.346. The van der Waals surface area contributed by atoms with Gasteiger partial charge in [0.2, 0.25) is 0 Å². The van der Waals surface area contributed by atoms with Crippen molar-refractivity contribution in [3.8, 4) is 5.75 Å². The van der Waals surface area contributed by atoms with Crippen molar-refractivity contribution >= 4 is 43.6 Å². The van der Waals surface area contributed by atoms with Crippen LogP contribution < -0.4 is 15.9 Å². The second-order valence-corrected chi connectivity index (χ2v) is 13.3. The zero-order chi connectivity index (χ0) is 25.5. The van der Waals surface area contributed by atoms with Crippen LogP contribution in [0.2, 0.25) is 0 Å². The third-order valence-corrected chi connectivity index (χ3v) is 7.94. The Kier molecular flexibility index (Phi) is 14.0. The average molecular weight is 615 g/mol. The molecule has 0 saturated heterocycles. The van der Waals surface area contributed by atoms with Gasteiger partial charge in [0.25, 0.3) is 0 Å². The summed E-state index contributed by atoms with van der Waals surface area (Å²) in [6.07, 6.45) is 0.830. The topological polar surface area (TPSA) is 32.3 Å². The van der Waals surface area contributed by atoms with Crippen molar-refractivity contribution in [3.63, 3.8) is 0 Å². The number of rotatable bonds is 6. The number of halogens is 2. The number of aromatic hydroxyl groups is 1. The van der Waals surface area contributed by atoms with Crippen LogP contribution in [0.15, 0.2) is 109 Å². The molecule has 0 aliphatic rings. The normalized spacial score (nSPS) is 10.3. The first kappa shape index (κ1) is 29.3. The van der Waals surface area contributed by atoms with Crippen LogP contribution in [0.5, 0.6) is 5.75 Å². The van der Waals surface area contributed by atoms with E-state index in [1.807, 2.05) is 30.3 Å². The molecule has 2 N–H and O–H groups in total. The molecule has 35 heavy (non-hydrogen) atoms. The van der Waals surface area contributed by atoms with Gasteiger partial charge in [0, 0.05) is 0 Å². The fourth-order valence-electron chi connectivity index (χ4n) is 3.41. The van der Waals surface area contributed by atoms with E-state index in [4.69, 9.17) is 19.4 Å². The molecule has 0 aromatic heterocycles. The van der Waals surface area contributed by atoms with Crippen molar-refractivity contribution in [2.24, 2.45) is 0 Å². The molecule has 0 spiro atoms. The van der Waals surface area contributed by atoms with Crippen LogP contribution in [-0.4, -0.2) is 11.4 Å². The van der Waals surface area contributed by atoms with Crippen molar-refractivity contribution in [2.75, 3.05) is 11.6 Å². The van der Waals surface area contributed by atoms with Gasteiger partial charge < -0.3 is 10.4 Å². The van der Waals surface area contributed by atoms with Gasteiger partial charge in [0.15, 0.2) is 0 Å². The predicted octanol–water partition coefficient (Wildman–Crippen LogP) is 8.12. The number of phenols is 1. The number of hydrogen-bond donors (Lipinski definition) is 2. The molecule has 0 bridgehead atoms. The van der Waals surface area contributed by atoms with Crippen molar-refractivity contribution < 1.29 is 20.3 Å². The molecule has 4 aromatic rings.